The molecule has 5 nitrogen and oxygen atoms in total. The fourth-order valence-electron chi connectivity index (χ4n) is 3.00. The molecule has 1 aromatic heterocycles. The number of aromatic nitrogens is 1. The molecule has 4 rings (SSSR count). The SMILES string of the molecule is COc1ccc2[nH]cc(CCNCc3ccc4c(c3)OCO4)c2c1. The van der Waals surface area contributed by atoms with E-state index in [-0.39, 0.29) is 0 Å². The van der Waals surface area contributed by atoms with E-state index < -0.39 is 0 Å². The fraction of sp³-hybridized carbons (Fsp3) is 0.263. The van der Waals surface area contributed by atoms with Gasteiger partial charge in [0, 0.05) is 23.6 Å². The van der Waals surface area contributed by atoms with Gasteiger partial charge in [-0.3, -0.25) is 0 Å². The summed E-state index contributed by atoms with van der Waals surface area (Å²) in [5.41, 5.74) is 3.63. The maximum Gasteiger partial charge on any atom is 0.231 e. The number of benzene rings is 2. The second-order valence-corrected chi connectivity index (χ2v) is 5.84. The van der Waals surface area contributed by atoms with E-state index in [2.05, 4.69) is 34.7 Å². The van der Waals surface area contributed by atoms with Gasteiger partial charge in [-0.2, -0.15) is 0 Å². The van der Waals surface area contributed by atoms with Gasteiger partial charge in [0.05, 0.1) is 7.11 Å². The second-order valence-electron chi connectivity index (χ2n) is 5.84. The molecule has 1 aliphatic heterocycles. The Morgan fingerprint density at radius 1 is 1.12 bits per heavy atom. The summed E-state index contributed by atoms with van der Waals surface area (Å²) < 4.78 is 16.1. The monoisotopic (exact) mass is 324 g/mol. The molecule has 2 N–H and O–H groups in total. The van der Waals surface area contributed by atoms with E-state index >= 15 is 0 Å². The first-order valence-electron chi connectivity index (χ1n) is 8.07. The summed E-state index contributed by atoms with van der Waals surface area (Å²) in [7, 11) is 1.69. The van der Waals surface area contributed by atoms with Crippen molar-refractivity contribution in [1.29, 1.82) is 0 Å². The van der Waals surface area contributed by atoms with Gasteiger partial charge in [0.15, 0.2) is 11.5 Å². The average Bonchev–Trinajstić information content (AvgIpc) is 3.24. The highest BCUT2D eigenvalue weighted by Crippen LogP contribution is 2.32. The summed E-state index contributed by atoms with van der Waals surface area (Å²) in [6.45, 7) is 2.02. The Balaban J connectivity index is 1.36. The Morgan fingerprint density at radius 2 is 2.04 bits per heavy atom. The molecule has 124 valence electrons. The van der Waals surface area contributed by atoms with Gasteiger partial charge in [0.25, 0.3) is 0 Å². The zero-order chi connectivity index (χ0) is 16.4. The number of rotatable bonds is 6. The molecule has 0 saturated carbocycles. The predicted octanol–water partition coefficient (Wildman–Crippen LogP) is 3.24. The zero-order valence-corrected chi connectivity index (χ0v) is 13.6. The number of hydrogen-bond donors (Lipinski definition) is 2. The van der Waals surface area contributed by atoms with Crippen molar-refractivity contribution in [1.82, 2.24) is 10.3 Å². The maximum absolute atomic E-state index is 5.41. The summed E-state index contributed by atoms with van der Waals surface area (Å²) in [6, 6.07) is 12.2. The first-order chi connectivity index (χ1) is 11.8. The number of aromatic amines is 1. The number of methoxy groups -OCH3 is 1. The number of nitrogens with one attached hydrogen (secondary N) is 2. The molecule has 0 atom stereocenters. The zero-order valence-electron chi connectivity index (χ0n) is 13.6. The van der Waals surface area contributed by atoms with Crippen molar-refractivity contribution in [3.8, 4) is 17.2 Å². The Bertz CT molecular complexity index is 857. The molecule has 0 radical (unpaired) electrons. The summed E-state index contributed by atoms with van der Waals surface area (Å²) in [5.74, 6) is 2.54. The molecular weight excluding hydrogens is 304 g/mol. The van der Waals surface area contributed by atoms with Crippen LogP contribution in [-0.4, -0.2) is 25.4 Å². The van der Waals surface area contributed by atoms with Crippen molar-refractivity contribution in [2.24, 2.45) is 0 Å². The minimum absolute atomic E-state index is 0.316. The standard InChI is InChI=1S/C19H20N2O3/c1-22-15-3-4-17-16(9-15)14(11-21-17)6-7-20-10-13-2-5-18-19(8-13)24-12-23-18/h2-5,8-9,11,20-21H,6-7,10,12H2,1H3. The third kappa shape index (κ3) is 2.90. The summed E-state index contributed by atoms with van der Waals surface area (Å²) >= 11 is 0. The molecule has 5 heteroatoms. The van der Waals surface area contributed by atoms with E-state index in [0.29, 0.717) is 6.79 Å². The van der Waals surface area contributed by atoms with Crippen LogP contribution in [-0.2, 0) is 13.0 Å². The molecule has 3 aromatic rings. The van der Waals surface area contributed by atoms with Gasteiger partial charge < -0.3 is 24.5 Å². The number of H-pyrrole nitrogens is 1. The molecule has 24 heavy (non-hydrogen) atoms. The van der Waals surface area contributed by atoms with Crippen LogP contribution < -0.4 is 19.5 Å². The van der Waals surface area contributed by atoms with E-state index in [1.54, 1.807) is 7.11 Å². The van der Waals surface area contributed by atoms with Gasteiger partial charge in [0.1, 0.15) is 5.75 Å². The minimum atomic E-state index is 0.316. The predicted molar refractivity (Wildman–Crippen MR) is 92.8 cm³/mol. The van der Waals surface area contributed by atoms with Crippen LogP contribution in [0.5, 0.6) is 17.2 Å². The van der Waals surface area contributed by atoms with Crippen LogP contribution in [0.25, 0.3) is 10.9 Å². The molecule has 2 aromatic carbocycles. The smallest absolute Gasteiger partial charge is 0.231 e. The Morgan fingerprint density at radius 3 is 2.96 bits per heavy atom. The van der Waals surface area contributed by atoms with Crippen molar-refractivity contribution in [3.05, 3.63) is 53.7 Å². The molecule has 0 fully saturated rings. The minimum Gasteiger partial charge on any atom is -0.497 e. The van der Waals surface area contributed by atoms with Crippen LogP contribution in [0.2, 0.25) is 0 Å². The van der Waals surface area contributed by atoms with Gasteiger partial charge in [-0.15, -0.1) is 0 Å². The van der Waals surface area contributed by atoms with Gasteiger partial charge in [-0.1, -0.05) is 6.07 Å². The maximum atomic E-state index is 5.41. The van der Waals surface area contributed by atoms with Gasteiger partial charge >= 0.3 is 0 Å². The average molecular weight is 324 g/mol. The number of hydrogen-bond acceptors (Lipinski definition) is 4. The highest BCUT2D eigenvalue weighted by molar-refractivity contribution is 5.84. The summed E-state index contributed by atoms with van der Waals surface area (Å²) in [4.78, 5) is 3.31. The summed E-state index contributed by atoms with van der Waals surface area (Å²) in [5, 5.41) is 4.70. The van der Waals surface area contributed by atoms with Crippen LogP contribution in [0, 0.1) is 0 Å². The summed E-state index contributed by atoms with van der Waals surface area (Å²) in [6.07, 6.45) is 3.03. The highest BCUT2D eigenvalue weighted by Gasteiger charge is 2.12. The Labute approximate surface area is 140 Å². The normalized spacial score (nSPS) is 12.7. The fourth-order valence-corrected chi connectivity index (χ4v) is 3.00. The first kappa shape index (κ1) is 14.9. The van der Waals surface area contributed by atoms with E-state index in [9.17, 15) is 0 Å². The third-order valence-electron chi connectivity index (χ3n) is 4.31. The Hall–Kier alpha value is -2.66. The lowest BCUT2D eigenvalue weighted by Gasteiger charge is -2.06. The van der Waals surface area contributed by atoms with Crippen molar-refractivity contribution in [2.45, 2.75) is 13.0 Å². The van der Waals surface area contributed by atoms with Crippen molar-refractivity contribution in [3.63, 3.8) is 0 Å². The van der Waals surface area contributed by atoms with Gasteiger partial charge in [0.2, 0.25) is 6.79 Å². The highest BCUT2D eigenvalue weighted by atomic mass is 16.7. The largest absolute Gasteiger partial charge is 0.497 e. The molecule has 0 unspecified atom stereocenters. The Kier molecular flexibility index (Phi) is 4.01. The molecular formula is C19H20N2O3. The third-order valence-corrected chi connectivity index (χ3v) is 4.31. The van der Waals surface area contributed by atoms with E-state index in [4.69, 9.17) is 14.2 Å². The number of ether oxygens (including phenoxy) is 3. The van der Waals surface area contributed by atoms with E-state index in [1.807, 2.05) is 18.2 Å². The topological polar surface area (TPSA) is 55.5 Å². The lowest BCUT2D eigenvalue weighted by molar-refractivity contribution is 0.174. The quantitative estimate of drug-likeness (QED) is 0.684. The molecule has 0 spiro atoms. The van der Waals surface area contributed by atoms with Crippen LogP contribution in [0.3, 0.4) is 0 Å². The van der Waals surface area contributed by atoms with Crippen molar-refractivity contribution >= 4 is 10.9 Å². The molecule has 1 aliphatic rings. The molecule has 0 saturated heterocycles. The van der Waals surface area contributed by atoms with Gasteiger partial charge in [-0.25, -0.2) is 0 Å². The molecule has 2 heterocycles. The molecule has 0 amide bonds. The first-order valence-corrected chi connectivity index (χ1v) is 8.07. The van der Waals surface area contributed by atoms with Crippen LogP contribution >= 0.6 is 0 Å². The van der Waals surface area contributed by atoms with Crippen LogP contribution in [0.15, 0.2) is 42.6 Å². The number of fused-ring (bicyclic) bond motifs is 2. The van der Waals surface area contributed by atoms with Crippen LogP contribution in [0.1, 0.15) is 11.1 Å². The lowest BCUT2D eigenvalue weighted by Crippen LogP contribution is -2.16. The van der Waals surface area contributed by atoms with Crippen molar-refractivity contribution in [2.75, 3.05) is 20.4 Å². The van der Waals surface area contributed by atoms with Crippen LogP contribution in [0.4, 0.5) is 0 Å². The van der Waals surface area contributed by atoms with Gasteiger partial charge in [-0.05, 0) is 54.4 Å². The van der Waals surface area contributed by atoms with E-state index in [1.165, 1.54) is 16.5 Å². The second kappa shape index (κ2) is 6.45. The van der Waals surface area contributed by atoms with Crippen molar-refractivity contribution < 1.29 is 14.2 Å². The molecule has 0 aliphatic carbocycles. The lowest BCUT2D eigenvalue weighted by atomic mass is 10.1. The molecule has 0 bridgehead atoms. The van der Waals surface area contributed by atoms with E-state index in [0.717, 1.165) is 42.3 Å².